The van der Waals surface area contributed by atoms with Crippen molar-refractivity contribution in [3.8, 4) is 11.5 Å². The van der Waals surface area contributed by atoms with Crippen molar-refractivity contribution < 1.29 is 14.6 Å². The van der Waals surface area contributed by atoms with Crippen molar-refractivity contribution in [2.24, 2.45) is 0 Å². The van der Waals surface area contributed by atoms with Crippen LogP contribution in [0, 0.1) is 0 Å². The maximum Gasteiger partial charge on any atom is 0.137 e. The van der Waals surface area contributed by atoms with Crippen LogP contribution in [0.4, 0.5) is 0 Å². The van der Waals surface area contributed by atoms with Crippen LogP contribution in [-0.2, 0) is 6.54 Å². The van der Waals surface area contributed by atoms with E-state index < -0.39 is 6.10 Å². The quantitative estimate of drug-likeness (QED) is 0.825. The lowest BCUT2D eigenvalue weighted by Gasteiger charge is -2.37. The van der Waals surface area contributed by atoms with Gasteiger partial charge in [0.15, 0.2) is 0 Å². The van der Waals surface area contributed by atoms with Crippen LogP contribution in [0.2, 0.25) is 0 Å². The Morgan fingerprint density at radius 2 is 2.16 bits per heavy atom. The summed E-state index contributed by atoms with van der Waals surface area (Å²) in [5.41, 5.74) is 0.756. The Labute approximate surface area is 148 Å². The predicted molar refractivity (Wildman–Crippen MR) is 93.7 cm³/mol. The molecule has 1 aliphatic heterocycles. The fourth-order valence-corrected chi connectivity index (χ4v) is 3.47. The fourth-order valence-electron chi connectivity index (χ4n) is 3.47. The van der Waals surface area contributed by atoms with Gasteiger partial charge in [0.25, 0.3) is 0 Å². The van der Waals surface area contributed by atoms with Crippen LogP contribution in [0.3, 0.4) is 0 Å². The molecule has 3 rings (SSSR count). The average Bonchev–Trinajstić information content (AvgIpc) is 3.15. The SMILES string of the molecule is COc1ccc(OC)c([C@@H](O)CN2CCCC[C@@H]2Cn2cncn2)c1. The number of hydrogen-bond donors (Lipinski definition) is 1. The van der Waals surface area contributed by atoms with Gasteiger partial charge in [0.2, 0.25) is 0 Å². The molecule has 0 spiro atoms. The molecule has 1 aromatic carbocycles. The van der Waals surface area contributed by atoms with Gasteiger partial charge in [-0.25, -0.2) is 4.98 Å². The topological polar surface area (TPSA) is 72.6 Å². The summed E-state index contributed by atoms with van der Waals surface area (Å²) in [6.45, 7) is 2.33. The number of β-amino-alcohol motifs (C(OH)–C–C–N with tert-alkyl or cyclic N) is 1. The average molecular weight is 346 g/mol. The molecule has 1 fully saturated rings. The van der Waals surface area contributed by atoms with E-state index in [1.54, 1.807) is 26.9 Å². The van der Waals surface area contributed by atoms with Gasteiger partial charge in [-0.05, 0) is 37.6 Å². The number of ether oxygens (including phenoxy) is 2. The van der Waals surface area contributed by atoms with E-state index in [4.69, 9.17) is 9.47 Å². The molecule has 2 heterocycles. The standard InChI is InChI=1S/C18H26N4O3/c1-24-15-6-7-18(25-2)16(9-15)17(23)11-21-8-4-3-5-14(21)10-22-13-19-12-20-22/h6-7,9,12-14,17,23H,3-5,8,10-11H2,1-2H3/t14-,17+/m1/s1. The summed E-state index contributed by atoms with van der Waals surface area (Å²) in [6, 6.07) is 5.87. The van der Waals surface area contributed by atoms with Crippen molar-refractivity contribution >= 4 is 0 Å². The van der Waals surface area contributed by atoms with Crippen LogP contribution in [0.1, 0.15) is 30.9 Å². The molecule has 0 aliphatic carbocycles. The van der Waals surface area contributed by atoms with E-state index in [9.17, 15) is 5.11 Å². The van der Waals surface area contributed by atoms with Gasteiger partial charge in [0.1, 0.15) is 24.2 Å². The van der Waals surface area contributed by atoms with Crippen LogP contribution >= 0.6 is 0 Å². The molecule has 1 saturated heterocycles. The normalized spacial score (nSPS) is 19.6. The number of benzene rings is 1. The van der Waals surface area contributed by atoms with E-state index in [-0.39, 0.29) is 0 Å². The molecule has 7 nitrogen and oxygen atoms in total. The molecule has 0 amide bonds. The van der Waals surface area contributed by atoms with Crippen LogP contribution < -0.4 is 9.47 Å². The van der Waals surface area contributed by atoms with E-state index in [2.05, 4.69) is 15.0 Å². The second-order valence-electron chi connectivity index (χ2n) is 6.39. The highest BCUT2D eigenvalue weighted by Gasteiger charge is 2.26. The summed E-state index contributed by atoms with van der Waals surface area (Å²) in [7, 11) is 3.24. The second-order valence-corrected chi connectivity index (χ2v) is 6.39. The highest BCUT2D eigenvalue weighted by atomic mass is 16.5. The van der Waals surface area contributed by atoms with Gasteiger partial charge in [-0.3, -0.25) is 9.58 Å². The third-order valence-electron chi connectivity index (χ3n) is 4.82. The van der Waals surface area contributed by atoms with E-state index in [0.717, 1.165) is 31.5 Å². The monoisotopic (exact) mass is 346 g/mol. The lowest BCUT2D eigenvalue weighted by atomic mass is 10.00. The first kappa shape index (κ1) is 17.7. The van der Waals surface area contributed by atoms with Gasteiger partial charge in [-0.15, -0.1) is 0 Å². The summed E-state index contributed by atoms with van der Waals surface area (Å²) >= 11 is 0. The van der Waals surface area contributed by atoms with Gasteiger partial charge in [0.05, 0.1) is 26.9 Å². The van der Waals surface area contributed by atoms with Gasteiger partial charge >= 0.3 is 0 Å². The van der Waals surface area contributed by atoms with Gasteiger partial charge < -0.3 is 14.6 Å². The Balaban J connectivity index is 1.72. The van der Waals surface area contributed by atoms with Crippen LogP contribution in [0.5, 0.6) is 11.5 Å². The molecule has 0 unspecified atom stereocenters. The molecule has 0 saturated carbocycles. The Bertz CT molecular complexity index is 662. The number of aromatic nitrogens is 3. The molecule has 1 aromatic heterocycles. The third-order valence-corrected chi connectivity index (χ3v) is 4.82. The van der Waals surface area contributed by atoms with Crippen molar-refractivity contribution in [1.29, 1.82) is 0 Å². The summed E-state index contributed by atoms with van der Waals surface area (Å²) in [4.78, 5) is 6.36. The molecular weight excluding hydrogens is 320 g/mol. The van der Waals surface area contributed by atoms with Gasteiger partial charge in [0, 0.05) is 18.2 Å². The Morgan fingerprint density at radius 1 is 1.28 bits per heavy atom. The van der Waals surface area contributed by atoms with E-state index in [1.807, 2.05) is 22.9 Å². The van der Waals surface area contributed by atoms with Crippen molar-refractivity contribution in [2.45, 2.75) is 38.0 Å². The number of nitrogens with zero attached hydrogens (tertiary/aromatic N) is 4. The molecule has 2 atom stereocenters. The molecule has 0 radical (unpaired) electrons. The highest BCUT2D eigenvalue weighted by Crippen LogP contribution is 2.31. The first-order valence-corrected chi connectivity index (χ1v) is 8.67. The second kappa shape index (κ2) is 8.31. The largest absolute Gasteiger partial charge is 0.497 e. The van der Waals surface area contributed by atoms with Crippen LogP contribution in [0.25, 0.3) is 0 Å². The Morgan fingerprint density at radius 3 is 2.88 bits per heavy atom. The first-order valence-electron chi connectivity index (χ1n) is 8.67. The summed E-state index contributed by atoms with van der Waals surface area (Å²) < 4.78 is 12.6. The molecule has 136 valence electrons. The summed E-state index contributed by atoms with van der Waals surface area (Å²) in [5.74, 6) is 1.39. The fraction of sp³-hybridized carbons (Fsp3) is 0.556. The third kappa shape index (κ3) is 4.29. The molecule has 1 aliphatic rings. The molecule has 25 heavy (non-hydrogen) atoms. The number of aliphatic hydroxyl groups excluding tert-OH is 1. The van der Waals surface area contributed by atoms with E-state index in [0.29, 0.717) is 24.1 Å². The predicted octanol–water partition coefficient (Wildman–Crippen LogP) is 1.88. The van der Waals surface area contributed by atoms with Crippen molar-refractivity contribution in [3.63, 3.8) is 0 Å². The number of aliphatic hydroxyl groups is 1. The van der Waals surface area contributed by atoms with Gasteiger partial charge in [-0.2, -0.15) is 5.10 Å². The number of likely N-dealkylation sites (tertiary alicyclic amines) is 1. The zero-order valence-electron chi connectivity index (χ0n) is 14.8. The molecule has 2 aromatic rings. The summed E-state index contributed by atoms with van der Waals surface area (Å²) in [6.07, 6.45) is 6.12. The lowest BCUT2D eigenvalue weighted by molar-refractivity contribution is 0.0578. The number of piperidine rings is 1. The smallest absolute Gasteiger partial charge is 0.137 e. The number of hydrogen-bond acceptors (Lipinski definition) is 6. The minimum absolute atomic E-state index is 0.349. The molecule has 7 heteroatoms. The van der Waals surface area contributed by atoms with E-state index in [1.165, 1.54) is 6.42 Å². The van der Waals surface area contributed by atoms with Crippen molar-refractivity contribution in [1.82, 2.24) is 19.7 Å². The lowest BCUT2D eigenvalue weighted by Crippen LogP contribution is -2.44. The van der Waals surface area contributed by atoms with Crippen LogP contribution in [-0.4, -0.2) is 58.1 Å². The van der Waals surface area contributed by atoms with Crippen LogP contribution in [0.15, 0.2) is 30.9 Å². The first-order chi connectivity index (χ1) is 12.2. The zero-order valence-corrected chi connectivity index (χ0v) is 14.8. The minimum Gasteiger partial charge on any atom is -0.497 e. The maximum atomic E-state index is 10.8. The number of methoxy groups -OCH3 is 2. The molecule has 0 bridgehead atoms. The maximum absolute atomic E-state index is 10.8. The minimum atomic E-state index is -0.638. The zero-order chi connectivity index (χ0) is 17.6. The number of rotatable bonds is 7. The summed E-state index contributed by atoms with van der Waals surface area (Å²) in [5, 5.41) is 15.0. The highest BCUT2D eigenvalue weighted by molar-refractivity contribution is 5.41. The van der Waals surface area contributed by atoms with Crippen molar-refractivity contribution in [2.75, 3.05) is 27.3 Å². The van der Waals surface area contributed by atoms with Crippen molar-refractivity contribution in [3.05, 3.63) is 36.4 Å². The van der Waals surface area contributed by atoms with E-state index >= 15 is 0 Å². The molecular formula is C18H26N4O3. The van der Waals surface area contributed by atoms with Gasteiger partial charge in [-0.1, -0.05) is 6.42 Å². The molecule has 1 N–H and O–H groups in total. The Hall–Kier alpha value is -2.12. The Kier molecular flexibility index (Phi) is 5.88.